The standard InChI is InChI=1S/C7H5ClN2.C7H9ClN2.B/c1-10-7-5(8)3-2-4-6(7)9;8-6-2-1-3-7(10)5(6)4-9;/h2-4H,9H2;1-3H,4,9-10H2;. The van der Waals surface area contributed by atoms with Crippen molar-refractivity contribution >= 4 is 48.7 Å². The lowest BCUT2D eigenvalue weighted by atomic mass is 10.2. The van der Waals surface area contributed by atoms with Gasteiger partial charge in [-0.15, -0.1) is 0 Å². The molecule has 2 aromatic rings. The Labute approximate surface area is 136 Å². The van der Waals surface area contributed by atoms with Crippen molar-refractivity contribution < 1.29 is 0 Å². The van der Waals surface area contributed by atoms with Gasteiger partial charge in [-0.3, -0.25) is 0 Å². The van der Waals surface area contributed by atoms with Crippen LogP contribution in [-0.2, 0) is 6.54 Å². The summed E-state index contributed by atoms with van der Waals surface area (Å²) < 4.78 is 0. The molecule has 4 nitrogen and oxygen atoms in total. The van der Waals surface area contributed by atoms with E-state index in [0.29, 0.717) is 33.7 Å². The molecular formula is C14H14BCl2N4. The van der Waals surface area contributed by atoms with E-state index in [2.05, 4.69) is 4.85 Å². The number of nitrogen functional groups attached to an aromatic ring is 2. The molecule has 0 unspecified atom stereocenters. The molecule has 0 fully saturated rings. The van der Waals surface area contributed by atoms with Gasteiger partial charge in [0.25, 0.3) is 0 Å². The van der Waals surface area contributed by atoms with Crippen molar-refractivity contribution in [1.82, 2.24) is 0 Å². The minimum Gasteiger partial charge on any atom is -0.407 e. The molecule has 0 aromatic heterocycles. The highest BCUT2D eigenvalue weighted by atomic mass is 35.5. The molecule has 0 aliphatic heterocycles. The summed E-state index contributed by atoms with van der Waals surface area (Å²) in [6, 6.07) is 10.4. The average molecular weight is 320 g/mol. The molecule has 0 aliphatic rings. The molecule has 0 atom stereocenters. The molecule has 0 amide bonds. The van der Waals surface area contributed by atoms with Gasteiger partial charge in [-0.25, -0.2) is 4.85 Å². The molecule has 0 saturated heterocycles. The molecule has 7 heteroatoms. The Hall–Kier alpha value is -1.87. The van der Waals surface area contributed by atoms with Gasteiger partial charge < -0.3 is 17.2 Å². The van der Waals surface area contributed by atoms with Crippen LogP contribution in [0.3, 0.4) is 0 Å². The SMILES string of the molecule is NCc1c(N)cccc1Cl.[B].[C-]#[N+]c1c(N)cccc1Cl. The van der Waals surface area contributed by atoms with Crippen molar-refractivity contribution in [2.24, 2.45) is 5.73 Å². The molecule has 0 heterocycles. The third-order valence-electron chi connectivity index (χ3n) is 2.49. The van der Waals surface area contributed by atoms with E-state index in [-0.39, 0.29) is 8.41 Å². The Kier molecular flexibility index (Phi) is 8.33. The van der Waals surface area contributed by atoms with E-state index in [4.69, 9.17) is 47.0 Å². The smallest absolute Gasteiger partial charge is 0.227 e. The van der Waals surface area contributed by atoms with E-state index in [1.807, 2.05) is 0 Å². The summed E-state index contributed by atoms with van der Waals surface area (Å²) >= 11 is 11.4. The number of nitrogens with two attached hydrogens (primary N) is 3. The normalized spacial score (nSPS) is 8.86. The van der Waals surface area contributed by atoms with Gasteiger partial charge in [0.2, 0.25) is 5.69 Å². The summed E-state index contributed by atoms with van der Waals surface area (Å²) in [5.41, 5.74) is 18.6. The van der Waals surface area contributed by atoms with Crippen molar-refractivity contribution in [2.75, 3.05) is 11.5 Å². The summed E-state index contributed by atoms with van der Waals surface area (Å²) in [5, 5.41) is 1.05. The number of benzene rings is 2. The summed E-state index contributed by atoms with van der Waals surface area (Å²) in [6.45, 7) is 7.08. The zero-order valence-corrected chi connectivity index (χ0v) is 12.7. The van der Waals surface area contributed by atoms with Crippen LogP contribution in [0, 0.1) is 6.57 Å². The molecule has 6 N–H and O–H groups in total. The topological polar surface area (TPSA) is 82.4 Å². The quantitative estimate of drug-likeness (QED) is 0.427. The summed E-state index contributed by atoms with van der Waals surface area (Å²) in [5.74, 6) is 0. The summed E-state index contributed by atoms with van der Waals surface area (Å²) in [6.07, 6.45) is 0. The van der Waals surface area contributed by atoms with Crippen LogP contribution >= 0.6 is 23.2 Å². The fourth-order valence-electron chi connectivity index (χ4n) is 1.44. The zero-order chi connectivity index (χ0) is 15.1. The molecule has 0 bridgehead atoms. The van der Waals surface area contributed by atoms with Gasteiger partial charge in [-0.05, 0) is 12.1 Å². The van der Waals surface area contributed by atoms with Gasteiger partial charge >= 0.3 is 0 Å². The lowest BCUT2D eigenvalue weighted by molar-refractivity contribution is 1.08. The predicted molar refractivity (Wildman–Crippen MR) is 91.6 cm³/mol. The van der Waals surface area contributed by atoms with Crippen LogP contribution in [0.4, 0.5) is 17.1 Å². The maximum absolute atomic E-state index is 6.69. The first-order valence-corrected chi connectivity index (χ1v) is 6.41. The van der Waals surface area contributed by atoms with Crippen molar-refractivity contribution in [1.29, 1.82) is 0 Å². The van der Waals surface area contributed by atoms with Crippen molar-refractivity contribution in [3.8, 4) is 0 Å². The molecule has 2 rings (SSSR count). The van der Waals surface area contributed by atoms with Crippen LogP contribution in [0.15, 0.2) is 36.4 Å². The fourth-order valence-corrected chi connectivity index (χ4v) is 1.92. The number of anilines is 2. The highest BCUT2D eigenvalue weighted by Crippen LogP contribution is 2.30. The van der Waals surface area contributed by atoms with Crippen LogP contribution in [0.1, 0.15) is 5.56 Å². The predicted octanol–water partition coefficient (Wildman–Crippen LogP) is 3.47. The Morgan fingerprint density at radius 1 is 0.952 bits per heavy atom. The number of halogens is 2. The van der Waals surface area contributed by atoms with Crippen molar-refractivity contribution in [3.05, 3.63) is 63.4 Å². The van der Waals surface area contributed by atoms with Crippen LogP contribution in [0.5, 0.6) is 0 Å². The zero-order valence-electron chi connectivity index (χ0n) is 11.2. The van der Waals surface area contributed by atoms with Crippen LogP contribution in [-0.4, -0.2) is 8.41 Å². The second-order valence-electron chi connectivity index (χ2n) is 3.80. The Morgan fingerprint density at radius 3 is 1.81 bits per heavy atom. The Bertz CT molecular complexity index is 601. The number of nitrogens with zero attached hydrogens (tertiary/aromatic N) is 1. The highest BCUT2D eigenvalue weighted by Gasteiger charge is 2.01. The van der Waals surface area contributed by atoms with Gasteiger partial charge in [0, 0.05) is 41.9 Å². The van der Waals surface area contributed by atoms with Crippen LogP contribution in [0.25, 0.3) is 4.85 Å². The lowest BCUT2D eigenvalue weighted by Crippen LogP contribution is -2.01. The Morgan fingerprint density at radius 2 is 1.48 bits per heavy atom. The van der Waals surface area contributed by atoms with Crippen molar-refractivity contribution in [2.45, 2.75) is 6.54 Å². The lowest BCUT2D eigenvalue weighted by Gasteiger charge is -2.02. The van der Waals surface area contributed by atoms with Crippen LogP contribution < -0.4 is 17.2 Å². The van der Waals surface area contributed by atoms with Gasteiger partial charge in [0.1, 0.15) is 0 Å². The maximum atomic E-state index is 6.69. The minimum absolute atomic E-state index is 0. The number of para-hydroxylation sites is 1. The van der Waals surface area contributed by atoms with Gasteiger partial charge in [0.15, 0.2) is 0 Å². The Balaban J connectivity index is 0.000000364. The van der Waals surface area contributed by atoms with Gasteiger partial charge in [-0.1, -0.05) is 47.5 Å². The molecule has 2 aromatic carbocycles. The monoisotopic (exact) mass is 319 g/mol. The molecular weight excluding hydrogens is 306 g/mol. The third-order valence-corrected chi connectivity index (χ3v) is 3.15. The van der Waals surface area contributed by atoms with Gasteiger partial charge in [0.05, 0.1) is 6.57 Å². The fraction of sp³-hybridized carbons (Fsp3) is 0.0714. The summed E-state index contributed by atoms with van der Waals surface area (Å²) in [4.78, 5) is 3.16. The number of hydrogen-bond donors (Lipinski definition) is 3. The molecule has 21 heavy (non-hydrogen) atoms. The van der Waals surface area contributed by atoms with E-state index >= 15 is 0 Å². The number of hydrogen-bond acceptors (Lipinski definition) is 3. The molecule has 3 radical (unpaired) electrons. The van der Waals surface area contributed by atoms with Crippen LogP contribution in [0.2, 0.25) is 10.0 Å². The van der Waals surface area contributed by atoms with Crippen molar-refractivity contribution in [3.63, 3.8) is 0 Å². The third kappa shape index (κ3) is 5.20. The molecule has 107 valence electrons. The average Bonchev–Trinajstić information content (AvgIpc) is 2.40. The first kappa shape index (κ1) is 19.1. The van der Waals surface area contributed by atoms with E-state index in [1.54, 1.807) is 36.4 Å². The van der Waals surface area contributed by atoms with E-state index in [0.717, 1.165) is 5.56 Å². The summed E-state index contributed by atoms with van der Waals surface area (Å²) in [7, 11) is 0. The first-order chi connectivity index (χ1) is 9.51. The maximum Gasteiger partial charge on any atom is 0.227 e. The molecule has 0 aliphatic carbocycles. The second-order valence-corrected chi connectivity index (χ2v) is 4.62. The molecule has 0 spiro atoms. The first-order valence-electron chi connectivity index (χ1n) is 5.65. The van der Waals surface area contributed by atoms with E-state index < -0.39 is 0 Å². The van der Waals surface area contributed by atoms with E-state index in [1.165, 1.54) is 0 Å². The molecule has 0 saturated carbocycles. The van der Waals surface area contributed by atoms with E-state index in [9.17, 15) is 0 Å². The van der Waals surface area contributed by atoms with Gasteiger partial charge in [-0.2, -0.15) is 0 Å². The second kappa shape index (κ2) is 9.14. The number of rotatable bonds is 1. The highest BCUT2D eigenvalue weighted by molar-refractivity contribution is 6.34. The minimum atomic E-state index is 0. The largest absolute Gasteiger partial charge is 0.407 e.